The number of H-pyrrole nitrogens is 1. The summed E-state index contributed by atoms with van der Waals surface area (Å²) in [6.07, 6.45) is 6.14. The van der Waals surface area contributed by atoms with Crippen LogP contribution < -0.4 is 4.57 Å². The zero-order chi connectivity index (χ0) is 11.3. The van der Waals surface area contributed by atoms with Crippen LogP contribution in [-0.2, 0) is 20.6 Å². The predicted octanol–water partition coefficient (Wildman–Crippen LogP) is 0.205. The number of imidazole rings is 1. The van der Waals surface area contributed by atoms with Gasteiger partial charge >= 0.3 is 0 Å². The molecule has 15 heavy (non-hydrogen) atoms. The molecule has 0 amide bonds. The molecule has 0 saturated heterocycles. The summed E-state index contributed by atoms with van der Waals surface area (Å²) in [6.45, 7) is 3.18. The van der Waals surface area contributed by atoms with Crippen LogP contribution in [0.25, 0.3) is 0 Å². The van der Waals surface area contributed by atoms with Crippen LogP contribution in [0.5, 0.6) is 0 Å². The molecule has 0 aliphatic carbocycles. The average molecular weight is 227 g/mol. The molecule has 1 N–H and O–H groups in total. The van der Waals surface area contributed by atoms with Crippen LogP contribution in [0.2, 0.25) is 0 Å². The molecule has 0 aliphatic rings. The van der Waals surface area contributed by atoms with Crippen LogP contribution in [0.1, 0.15) is 6.92 Å². The highest BCUT2D eigenvalue weighted by Gasteiger charge is 1.92. The second-order valence-corrected chi connectivity index (χ2v) is 3.42. The molecule has 0 atom stereocenters. The van der Waals surface area contributed by atoms with Crippen molar-refractivity contribution in [1.29, 1.82) is 0 Å². The smallest absolute Gasteiger partial charge is 0.243 e. The maximum atomic E-state index is 4.64. The van der Waals surface area contributed by atoms with E-state index in [0.717, 1.165) is 6.54 Å². The van der Waals surface area contributed by atoms with Crippen molar-refractivity contribution in [2.75, 3.05) is 0 Å². The van der Waals surface area contributed by atoms with Gasteiger partial charge in [-0.3, -0.25) is 0 Å². The molecule has 0 aromatic carbocycles. The van der Waals surface area contributed by atoms with Gasteiger partial charge in [0.25, 0.3) is 0 Å². The third kappa shape index (κ3) is 3.62. The molecule has 2 heterocycles. The number of hydrogen-bond donors (Lipinski definition) is 1. The van der Waals surface area contributed by atoms with Crippen LogP contribution in [0.15, 0.2) is 18.7 Å². The number of aromatic nitrogens is 6. The van der Waals surface area contributed by atoms with E-state index >= 15 is 0 Å². The van der Waals surface area contributed by atoms with Crippen LogP contribution in [0.4, 0.5) is 0 Å². The molecule has 6 nitrogen and oxygen atoms in total. The Balaban J connectivity index is 0.000000151. The van der Waals surface area contributed by atoms with Gasteiger partial charge in [-0.1, -0.05) is 10.3 Å². The fourth-order valence-electron chi connectivity index (χ4n) is 0.931. The minimum Gasteiger partial charge on any atom is -0.246 e. The molecule has 0 radical (unpaired) electrons. The zero-order valence-corrected chi connectivity index (χ0v) is 9.90. The van der Waals surface area contributed by atoms with Gasteiger partial charge in [0.1, 0.15) is 12.4 Å². The Morgan fingerprint density at radius 1 is 1.60 bits per heavy atom. The maximum Gasteiger partial charge on any atom is 0.243 e. The highest BCUT2D eigenvalue weighted by atomic mass is 32.1. The highest BCUT2D eigenvalue weighted by Crippen LogP contribution is 1.79. The first-order valence-electron chi connectivity index (χ1n) is 4.58. The monoisotopic (exact) mass is 227 g/mol. The topological polar surface area (TPSA) is 55.3 Å². The summed E-state index contributed by atoms with van der Waals surface area (Å²) < 4.78 is 6.18. The van der Waals surface area contributed by atoms with E-state index in [2.05, 4.69) is 51.8 Å². The third-order valence-electron chi connectivity index (χ3n) is 1.81. The van der Waals surface area contributed by atoms with E-state index in [9.17, 15) is 0 Å². The van der Waals surface area contributed by atoms with Crippen LogP contribution in [0, 0.1) is 4.77 Å². The van der Waals surface area contributed by atoms with Crippen LogP contribution >= 0.6 is 12.2 Å². The number of aromatic amines is 1. The lowest BCUT2D eigenvalue weighted by atomic mass is 10.7. The van der Waals surface area contributed by atoms with Gasteiger partial charge in [0.05, 0.1) is 13.6 Å². The summed E-state index contributed by atoms with van der Waals surface area (Å²) in [6, 6.07) is 0. The molecular formula is C8H15N6S+. The fourth-order valence-corrected chi connectivity index (χ4v) is 1.01. The van der Waals surface area contributed by atoms with Crippen molar-refractivity contribution in [1.82, 2.24) is 24.8 Å². The second-order valence-electron chi connectivity index (χ2n) is 3.05. The number of tetrazole rings is 1. The third-order valence-corrected chi connectivity index (χ3v) is 2.16. The standard InChI is InChI=1S/C6H11N2.C2H4N4S/c1-3-8-5-4-7(2)6-8;1-6-2(7)3-4-5-6/h4-6H,3H2,1-2H3;1H3,(H,3,5,7)/q+1;. The van der Waals surface area contributed by atoms with E-state index in [1.807, 2.05) is 17.8 Å². The fraction of sp³-hybridized carbons (Fsp3) is 0.500. The molecule has 0 fully saturated rings. The van der Waals surface area contributed by atoms with Gasteiger partial charge in [-0.05, 0) is 19.1 Å². The predicted molar refractivity (Wildman–Crippen MR) is 57.5 cm³/mol. The van der Waals surface area contributed by atoms with E-state index in [-0.39, 0.29) is 0 Å². The maximum absolute atomic E-state index is 4.64. The van der Waals surface area contributed by atoms with Crippen LogP contribution in [0.3, 0.4) is 0 Å². The van der Waals surface area contributed by atoms with Gasteiger partial charge in [-0.15, -0.1) is 0 Å². The lowest BCUT2D eigenvalue weighted by Crippen LogP contribution is -2.23. The van der Waals surface area contributed by atoms with Gasteiger partial charge in [0.2, 0.25) is 11.1 Å². The van der Waals surface area contributed by atoms with E-state index in [1.165, 1.54) is 0 Å². The lowest BCUT2D eigenvalue weighted by molar-refractivity contribution is -0.671. The molecule has 2 aromatic rings. The van der Waals surface area contributed by atoms with Crippen molar-refractivity contribution in [3.63, 3.8) is 0 Å². The minimum atomic E-state index is 0.472. The normalized spacial score (nSPS) is 9.53. The first kappa shape index (κ1) is 11.6. The molecule has 0 unspecified atom stereocenters. The molecule has 0 aliphatic heterocycles. The summed E-state index contributed by atoms with van der Waals surface area (Å²) in [5.41, 5.74) is 0. The summed E-state index contributed by atoms with van der Waals surface area (Å²) >= 11 is 4.64. The van der Waals surface area contributed by atoms with Gasteiger partial charge in [-0.2, -0.15) is 5.21 Å². The van der Waals surface area contributed by atoms with Gasteiger partial charge < -0.3 is 0 Å². The SMILES string of the molecule is CCn1cc[n+](C)c1.Cn1[nH]nnc1=S. The lowest BCUT2D eigenvalue weighted by Gasteiger charge is -1.81. The Kier molecular flexibility index (Phi) is 4.17. The van der Waals surface area contributed by atoms with E-state index in [0.29, 0.717) is 4.77 Å². The molecule has 0 spiro atoms. The Morgan fingerprint density at radius 2 is 2.33 bits per heavy atom. The zero-order valence-electron chi connectivity index (χ0n) is 9.08. The first-order chi connectivity index (χ1) is 7.13. The van der Waals surface area contributed by atoms with E-state index in [4.69, 9.17) is 0 Å². The number of nitrogens with one attached hydrogen (secondary N) is 1. The molecule has 2 rings (SSSR count). The number of nitrogens with zero attached hydrogens (tertiary/aromatic N) is 5. The van der Waals surface area contributed by atoms with Crippen LogP contribution in [-0.4, -0.2) is 24.8 Å². The molecular weight excluding hydrogens is 212 g/mol. The van der Waals surface area contributed by atoms with Gasteiger partial charge in [0.15, 0.2) is 0 Å². The Bertz CT molecular complexity index is 453. The van der Waals surface area contributed by atoms with Crippen molar-refractivity contribution in [2.45, 2.75) is 13.5 Å². The Morgan fingerprint density at radius 3 is 2.53 bits per heavy atom. The molecule has 0 saturated carbocycles. The van der Waals surface area contributed by atoms with Gasteiger partial charge in [0, 0.05) is 7.05 Å². The van der Waals surface area contributed by atoms with E-state index in [1.54, 1.807) is 11.7 Å². The Labute approximate surface area is 93.1 Å². The summed E-state index contributed by atoms with van der Waals surface area (Å²) in [5.74, 6) is 0. The van der Waals surface area contributed by atoms with Crippen molar-refractivity contribution < 1.29 is 4.57 Å². The Hall–Kier alpha value is -1.50. The summed E-state index contributed by atoms with van der Waals surface area (Å²) in [4.78, 5) is 0. The molecule has 2 aromatic heterocycles. The number of rotatable bonds is 1. The molecule has 7 heteroatoms. The highest BCUT2D eigenvalue weighted by molar-refractivity contribution is 7.71. The quantitative estimate of drug-likeness (QED) is 0.559. The molecule has 0 bridgehead atoms. The number of hydrogen-bond acceptors (Lipinski definition) is 3. The van der Waals surface area contributed by atoms with Crippen molar-refractivity contribution in [3.8, 4) is 0 Å². The van der Waals surface area contributed by atoms with Crippen molar-refractivity contribution in [3.05, 3.63) is 23.5 Å². The minimum absolute atomic E-state index is 0.472. The van der Waals surface area contributed by atoms with Crippen molar-refractivity contribution in [2.24, 2.45) is 14.1 Å². The van der Waals surface area contributed by atoms with Crippen molar-refractivity contribution >= 4 is 12.2 Å². The summed E-state index contributed by atoms with van der Waals surface area (Å²) in [5, 5.41) is 9.41. The molecule has 82 valence electrons. The first-order valence-corrected chi connectivity index (χ1v) is 4.99. The number of aryl methyl sites for hydroxylation is 3. The summed E-state index contributed by atoms with van der Waals surface area (Å²) in [7, 11) is 3.77. The average Bonchev–Trinajstić information content (AvgIpc) is 2.78. The van der Waals surface area contributed by atoms with Gasteiger partial charge in [-0.25, -0.2) is 13.8 Å². The van der Waals surface area contributed by atoms with E-state index < -0.39 is 0 Å². The largest absolute Gasteiger partial charge is 0.246 e. The second kappa shape index (κ2) is 5.40.